The SMILES string of the molecule is COC(=O)C(Cl)C(F)(F)C(F)(F)C(F)(F)C(F)(F)F. The highest BCUT2D eigenvalue weighted by molar-refractivity contribution is 6.30. The van der Waals surface area contributed by atoms with E-state index < -0.39 is 35.3 Å². The monoisotopic (exact) mass is 326 g/mol. The van der Waals surface area contributed by atoms with Crippen LogP contribution in [-0.4, -0.2) is 42.4 Å². The lowest BCUT2D eigenvalue weighted by Crippen LogP contribution is -2.64. The third kappa shape index (κ3) is 2.70. The maximum Gasteiger partial charge on any atom is 0.460 e. The molecule has 0 saturated carbocycles. The summed E-state index contributed by atoms with van der Waals surface area (Å²) in [5.41, 5.74) is 0. The van der Waals surface area contributed by atoms with E-state index in [9.17, 15) is 44.3 Å². The fourth-order valence-corrected chi connectivity index (χ4v) is 1.02. The summed E-state index contributed by atoms with van der Waals surface area (Å²) >= 11 is 4.46. The third-order valence-corrected chi connectivity index (χ3v) is 2.35. The van der Waals surface area contributed by atoms with Gasteiger partial charge in [-0.2, -0.15) is 39.5 Å². The first-order valence-corrected chi connectivity index (χ1v) is 4.50. The first kappa shape index (κ1) is 18.1. The minimum Gasteiger partial charge on any atom is -0.468 e. The Morgan fingerprint density at radius 2 is 1.32 bits per heavy atom. The largest absolute Gasteiger partial charge is 0.468 e. The van der Waals surface area contributed by atoms with Gasteiger partial charge < -0.3 is 4.74 Å². The fourth-order valence-electron chi connectivity index (χ4n) is 0.798. The van der Waals surface area contributed by atoms with Crippen molar-refractivity contribution in [1.82, 2.24) is 0 Å². The summed E-state index contributed by atoms with van der Waals surface area (Å²) in [6.45, 7) is 0. The van der Waals surface area contributed by atoms with E-state index in [1.807, 2.05) is 0 Å². The molecule has 0 saturated heterocycles. The zero-order chi connectivity index (χ0) is 15.9. The molecule has 114 valence electrons. The van der Waals surface area contributed by atoms with Crippen LogP contribution in [0, 0.1) is 0 Å². The molecule has 0 heterocycles. The van der Waals surface area contributed by atoms with Crippen LogP contribution in [0.15, 0.2) is 0 Å². The summed E-state index contributed by atoms with van der Waals surface area (Å²) < 4.78 is 114. The van der Waals surface area contributed by atoms with Gasteiger partial charge in [0.15, 0.2) is 0 Å². The van der Waals surface area contributed by atoms with Crippen LogP contribution in [0.5, 0.6) is 0 Å². The molecule has 0 radical (unpaired) electrons. The van der Waals surface area contributed by atoms with Crippen LogP contribution in [0.2, 0.25) is 0 Å². The van der Waals surface area contributed by atoms with Gasteiger partial charge in [-0.25, -0.2) is 0 Å². The number of ether oxygens (including phenoxy) is 1. The van der Waals surface area contributed by atoms with Crippen molar-refractivity contribution in [1.29, 1.82) is 0 Å². The van der Waals surface area contributed by atoms with Crippen molar-refractivity contribution >= 4 is 17.6 Å². The Morgan fingerprint density at radius 3 is 1.58 bits per heavy atom. The lowest BCUT2D eigenvalue weighted by atomic mass is 10.0. The van der Waals surface area contributed by atoms with Crippen LogP contribution >= 0.6 is 11.6 Å². The van der Waals surface area contributed by atoms with E-state index in [0.717, 1.165) is 0 Å². The Hall–Kier alpha value is -0.870. The zero-order valence-corrected chi connectivity index (χ0v) is 9.43. The third-order valence-electron chi connectivity index (χ3n) is 1.90. The Bertz CT molecular complexity index is 351. The quantitative estimate of drug-likeness (QED) is 0.450. The second-order valence-corrected chi connectivity index (χ2v) is 3.59. The molecule has 0 bridgehead atoms. The van der Waals surface area contributed by atoms with Gasteiger partial charge in [0.25, 0.3) is 0 Å². The Kier molecular flexibility index (Phi) is 4.68. The number of hydrogen-bond donors (Lipinski definition) is 0. The average Bonchev–Trinajstić information content (AvgIpc) is 2.24. The molecule has 12 heteroatoms. The van der Waals surface area contributed by atoms with Gasteiger partial charge in [0.05, 0.1) is 7.11 Å². The minimum absolute atomic E-state index is 0.397. The molecule has 0 spiro atoms. The van der Waals surface area contributed by atoms with E-state index in [0.29, 0.717) is 7.11 Å². The normalized spacial score (nSPS) is 16.2. The first-order chi connectivity index (χ1) is 8.14. The standard InChI is InChI=1S/C7H4ClF9O2/c1-19-3(18)2(8)4(9,10)5(11,12)6(13,14)7(15,16)17/h2H,1H3. The number of carbonyl (C=O) groups is 1. The predicted octanol–water partition coefficient (Wildman–Crippen LogP) is 3.24. The van der Waals surface area contributed by atoms with Gasteiger partial charge in [0, 0.05) is 0 Å². The van der Waals surface area contributed by atoms with Crippen LogP contribution in [0.1, 0.15) is 0 Å². The first-order valence-electron chi connectivity index (χ1n) is 4.06. The molecule has 0 aliphatic rings. The number of hydrogen-bond acceptors (Lipinski definition) is 2. The molecule has 0 aliphatic heterocycles. The van der Waals surface area contributed by atoms with E-state index in [-0.39, 0.29) is 0 Å². The van der Waals surface area contributed by atoms with Crippen molar-refractivity contribution in [3.63, 3.8) is 0 Å². The van der Waals surface area contributed by atoms with Crippen molar-refractivity contribution in [2.24, 2.45) is 0 Å². The van der Waals surface area contributed by atoms with Crippen molar-refractivity contribution in [3.8, 4) is 0 Å². The molecule has 0 amide bonds. The van der Waals surface area contributed by atoms with Crippen LogP contribution in [0.4, 0.5) is 39.5 Å². The Labute approximate surface area is 104 Å². The fraction of sp³-hybridized carbons (Fsp3) is 0.857. The smallest absolute Gasteiger partial charge is 0.460 e. The number of carbonyl (C=O) groups excluding carboxylic acids is 1. The molecule has 0 aromatic carbocycles. The van der Waals surface area contributed by atoms with E-state index in [4.69, 9.17) is 0 Å². The zero-order valence-electron chi connectivity index (χ0n) is 8.67. The topological polar surface area (TPSA) is 26.3 Å². The molecule has 2 nitrogen and oxygen atoms in total. The number of rotatable bonds is 4. The van der Waals surface area contributed by atoms with E-state index in [1.54, 1.807) is 0 Å². The number of methoxy groups -OCH3 is 1. The second-order valence-electron chi connectivity index (χ2n) is 3.16. The molecule has 19 heavy (non-hydrogen) atoms. The van der Waals surface area contributed by atoms with E-state index >= 15 is 0 Å². The Morgan fingerprint density at radius 1 is 0.947 bits per heavy atom. The molecule has 0 rings (SSSR count). The van der Waals surface area contributed by atoms with Gasteiger partial charge in [-0.05, 0) is 0 Å². The van der Waals surface area contributed by atoms with Gasteiger partial charge >= 0.3 is 29.9 Å². The van der Waals surface area contributed by atoms with Gasteiger partial charge in [-0.15, -0.1) is 11.6 Å². The molecular weight excluding hydrogens is 323 g/mol. The van der Waals surface area contributed by atoms with E-state index in [1.165, 1.54) is 0 Å². The lowest BCUT2D eigenvalue weighted by Gasteiger charge is -2.34. The van der Waals surface area contributed by atoms with Crippen LogP contribution in [0.25, 0.3) is 0 Å². The Balaban J connectivity index is 5.70. The van der Waals surface area contributed by atoms with Gasteiger partial charge in [0.2, 0.25) is 5.38 Å². The maximum absolute atomic E-state index is 12.9. The highest BCUT2D eigenvalue weighted by atomic mass is 35.5. The highest BCUT2D eigenvalue weighted by Crippen LogP contribution is 2.54. The molecule has 0 aliphatic carbocycles. The molecule has 1 atom stereocenters. The van der Waals surface area contributed by atoms with Gasteiger partial charge in [-0.3, -0.25) is 4.79 Å². The van der Waals surface area contributed by atoms with Crippen molar-refractivity contribution < 1.29 is 49.0 Å². The minimum atomic E-state index is -7.09. The number of halogens is 10. The summed E-state index contributed by atoms with van der Waals surface area (Å²) in [5.74, 6) is -22.5. The summed E-state index contributed by atoms with van der Waals surface area (Å²) in [6.07, 6.45) is -6.97. The summed E-state index contributed by atoms with van der Waals surface area (Å²) in [4.78, 5) is 10.5. The molecule has 0 N–H and O–H groups in total. The van der Waals surface area contributed by atoms with Crippen LogP contribution in [0.3, 0.4) is 0 Å². The summed E-state index contributed by atoms with van der Waals surface area (Å²) in [6, 6.07) is 0. The van der Waals surface area contributed by atoms with Crippen LogP contribution in [-0.2, 0) is 9.53 Å². The number of esters is 1. The molecule has 0 fully saturated rings. The average molecular weight is 327 g/mol. The summed E-state index contributed by atoms with van der Waals surface area (Å²) in [7, 11) is 0.397. The van der Waals surface area contributed by atoms with Crippen molar-refractivity contribution in [3.05, 3.63) is 0 Å². The predicted molar refractivity (Wildman–Crippen MR) is 42.6 cm³/mol. The second kappa shape index (κ2) is 4.91. The molecule has 1 unspecified atom stereocenters. The lowest BCUT2D eigenvalue weighted by molar-refractivity contribution is -0.395. The molecule has 0 aromatic rings. The highest BCUT2D eigenvalue weighted by Gasteiger charge is 2.83. The van der Waals surface area contributed by atoms with Gasteiger partial charge in [-0.1, -0.05) is 0 Å². The maximum atomic E-state index is 12.9. The van der Waals surface area contributed by atoms with Crippen molar-refractivity contribution in [2.45, 2.75) is 29.3 Å². The molecule has 0 aromatic heterocycles. The van der Waals surface area contributed by atoms with Crippen molar-refractivity contribution in [2.75, 3.05) is 7.11 Å². The molecular formula is C7H4ClF9O2. The van der Waals surface area contributed by atoms with Crippen LogP contribution < -0.4 is 0 Å². The van der Waals surface area contributed by atoms with Gasteiger partial charge in [0.1, 0.15) is 0 Å². The number of alkyl halides is 10. The van der Waals surface area contributed by atoms with E-state index in [2.05, 4.69) is 16.3 Å². The summed E-state index contributed by atoms with van der Waals surface area (Å²) in [5, 5.41) is -3.72.